The summed E-state index contributed by atoms with van der Waals surface area (Å²) in [5.74, 6) is 1.62. The minimum atomic E-state index is -0.0734. The van der Waals surface area contributed by atoms with Crippen LogP contribution in [0.4, 0.5) is 5.69 Å². The van der Waals surface area contributed by atoms with E-state index in [4.69, 9.17) is 21.4 Å². The van der Waals surface area contributed by atoms with Crippen LogP contribution in [0.25, 0.3) is 11.4 Å². The number of aryl methyl sites for hydroxylation is 1. The molecule has 0 atom stereocenters. The standard InChI is InChI=1S/C21H19ClN4O2S/c22-16-11-9-15(10-12-16)21-25-20(28-26-21)8-3-7-19(27)24-17-5-1-2-6-18(17)29-14-4-13-23/h1-2,5-6,9-12H,3-4,7-8,14H2,(H,24,27). The normalized spacial score (nSPS) is 10.5. The Bertz CT molecular complexity index is 998. The van der Waals surface area contributed by atoms with Crippen LogP contribution in [0.1, 0.15) is 25.2 Å². The zero-order valence-corrected chi connectivity index (χ0v) is 17.2. The van der Waals surface area contributed by atoms with Gasteiger partial charge in [0, 0.05) is 40.5 Å². The Balaban J connectivity index is 1.48. The average molecular weight is 427 g/mol. The Labute approximate surface area is 178 Å². The summed E-state index contributed by atoms with van der Waals surface area (Å²) in [5, 5.41) is 16.2. The molecule has 148 valence electrons. The SMILES string of the molecule is N#CCCSc1ccccc1NC(=O)CCCc1nc(-c2ccc(Cl)cc2)no1. The monoisotopic (exact) mass is 426 g/mol. The Morgan fingerprint density at radius 2 is 2.00 bits per heavy atom. The third-order valence-electron chi connectivity index (χ3n) is 4.00. The number of thioether (sulfide) groups is 1. The van der Waals surface area contributed by atoms with Crippen molar-refractivity contribution in [3.05, 3.63) is 59.4 Å². The summed E-state index contributed by atoms with van der Waals surface area (Å²) in [4.78, 5) is 17.6. The molecule has 0 aliphatic heterocycles. The number of carbonyl (C=O) groups is 1. The van der Waals surface area contributed by atoms with Gasteiger partial charge in [0.05, 0.1) is 11.8 Å². The molecule has 1 aromatic heterocycles. The van der Waals surface area contributed by atoms with E-state index in [0.717, 1.165) is 16.1 Å². The average Bonchev–Trinajstić information content (AvgIpc) is 3.19. The van der Waals surface area contributed by atoms with Crippen molar-refractivity contribution in [3.8, 4) is 17.5 Å². The van der Waals surface area contributed by atoms with Gasteiger partial charge in [0.15, 0.2) is 0 Å². The van der Waals surface area contributed by atoms with Gasteiger partial charge in [0.2, 0.25) is 17.6 Å². The van der Waals surface area contributed by atoms with Crippen LogP contribution in [0, 0.1) is 11.3 Å². The first-order chi connectivity index (χ1) is 14.2. The first kappa shape index (κ1) is 20.9. The van der Waals surface area contributed by atoms with Gasteiger partial charge in [-0.3, -0.25) is 4.79 Å². The number of hydrogen-bond donors (Lipinski definition) is 1. The molecule has 0 fully saturated rings. The van der Waals surface area contributed by atoms with E-state index in [1.54, 1.807) is 23.9 Å². The maximum atomic E-state index is 12.3. The Morgan fingerprint density at radius 1 is 1.21 bits per heavy atom. The van der Waals surface area contributed by atoms with Gasteiger partial charge in [-0.25, -0.2) is 0 Å². The number of carbonyl (C=O) groups excluding carboxylic acids is 1. The minimum absolute atomic E-state index is 0.0734. The lowest BCUT2D eigenvalue weighted by molar-refractivity contribution is -0.116. The van der Waals surface area contributed by atoms with Crippen molar-refractivity contribution in [2.45, 2.75) is 30.6 Å². The number of hydrogen-bond acceptors (Lipinski definition) is 6. The van der Waals surface area contributed by atoms with Crippen molar-refractivity contribution in [3.63, 3.8) is 0 Å². The molecule has 0 saturated heterocycles. The molecule has 3 rings (SSSR count). The highest BCUT2D eigenvalue weighted by atomic mass is 35.5. The number of halogens is 1. The van der Waals surface area contributed by atoms with Crippen molar-refractivity contribution in [2.75, 3.05) is 11.1 Å². The molecule has 8 heteroatoms. The molecule has 3 aromatic rings. The van der Waals surface area contributed by atoms with Gasteiger partial charge < -0.3 is 9.84 Å². The van der Waals surface area contributed by atoms with E-state index in [-0.39, 0.29) is 5.91 Å². The number of aromatic nitrogens is 2. The number of anilines is 1. The van der Waals surface area contributed by atoms with E-state index in [1.807, 2.05) is 36.4 Å². The third-order valence-corrected chi connectivity index (χ3v) is 5.32. The molecule has 29 heavy (non-hydrogen) atoms. The summed E-state index contributed by atoms with van der Waals surface area (Å²) < 4.78 is 5.27. The van der Waals surface area contributed by atoms with Crippen LogP contribution < -0.4 is 5.32 Å². The van der Waals surface area contributed by atoms with Gasteiger partial charge in [-0.1, -0.05) is 28.9 Å². The Kier molecular flexibility index (Phi) is 7.68. The first-order valence-electron chi connectivity index (χ1n) is 9.13. The fraction of sp³-hybridized carbons (Fsp3) is 0.238. The third kappa shape index (κ3) is 6.34. The summed E-state index contributed by atoms with van der Waals surface area (Å²) in [6.45, 7) is 0. The van der Waals surface area contributed by atoms with Crippen LogP contribution in [-0.4, -0.2) is 21.8 Å². The molecule has 2 aromatic carbocycles. The number of para-hydroxylation sites is 1. The van der Waals surface area contributed by atoms with Crippen molar-refractivity contribution < 1.29 is 9.32 Å². The highest BCUT2D eigenvalue weighted by molar-refractivity contribution is 7.99. The van der Waals surface area contributed by atoms with Crippen LogP contribution in [0.2, 0.25) is 5.02 Å². The summed E-state index contributed by atoms with van der Waals surface area (Å²) in [6.07, 6.45) is 1.93. The van der Waals surface area contributed by atoms with Crippen LogP contribution >= 0.6 is 23.4 Å². The number of rotatable bonds is 9. The van der Waals surface area contributed by atoms with Gasteiger partial charge in [0.1, 0.15) is 0 Å². The number of nitriles is 1. The fourth-order valence-corrected chi connectivity index (χ4v) is 3.58. The molecule has 6 nitrogen and oxygen atoms in total. The zero-order chi connectivity index (χ0) is 20.5. The largest absolute Gasteiger partial charge is 0.339 e. The quantitative estimate of drug-likeness (QED) is 0.366. The predicted molar refractivity (Wildman–Crippen MR) is 114 cm³/mol. The van der Waals surface area contributed by atoms with Crippen LogP contribution in [0.3, 0.4) is 0 Å². The van der Waals surface area contributed by atoms with Gasteiger partial charge in [0.25, 0.3) is 0 Å². The Morgan fingerprint density at radius 3 is 2.79 bits per heavy atom. The number of benzene rings is 2. The van der Waals surface area contributed by atoms with Crippen LogP contribution in [0.5, 0.6) is 0 Å². The molecule has 0 bridgehead atoms. The minimum Gasteiger partial charge on any atom is -0.339 e. The Hall–Kier alpha value is -2.82. The molecule has 1 N–H and O–H groups in total. The van der Waals surface area contributed by atoms with Gasteiger partial charge in [-0.2, -0.15) is 10.2 Å². The lowest BCUT2D eigenvalue weighted by Crippen LogP contribution is -2.12. The van der Waals surface area contributed by atoms with Crippen LogP contribution in [0.15, 0.2) is 57.9 Å². The van der Waals surface area contributed by atoms with Crippen molar-refractivity contribution >= 4 is 35.0 Å². The highest BCUT2D eigenvalue weighted by Gasteiger charge is 2.11. The second-order valence-corrected chi connectivity index (χ2v) is 7.75. The molecule has 1 amide bonds. The summed E-state index contributed by atoms with van der Waals surface area (Å²) in [7, 11) is 0. The second-order valence-electron chi connectivity index (χ2n) is 6.17. The molecule has 0 saturated carbocycles. The zero-order valence-electron chi connectivity index (χ0n) is 15.6. The lowest BCUT2D eigenvalue weighted by Gasteiger charge is -2.09. The first-order valence-corrected chi connectivity index (χ1v) is 10.5. The molecule has 0 aliphatic rings. The van der Waals surface area contributed by atoms with E-state index in [0.29, 0.717) is 48.2 Å². The van der Waals surface area contributed by atoms with Crippen LogP contribution in [-0.2, 0) is 11.2 Å². The topological polar surface area (TPSA) is 91.8 Å². The van der Waals surface area contributed by atoms with E-state index in [9.17, 15) is 4.79 Å². The molecule has 0 unspecified atom stereocenters. The summed E-state index contributed by atoms with van der Waals surface area (Å²) in [6, 6.07) is 16.9. The van der Waals surface area contributed by atoms with Gasteiger partial charge in [-0.05, 0) is 42.8 Å². The highest BCUT2D eigenvalue weighted by Crippen LogP contribution is 2.27. The summed E-state index contributed by atoms with van der Waals surface area (Å²) >= 11 is 7.44. The van der Waals surface area contributed by atoms with E-state index >= 15 is 0 Å². The maximum Gasteiger partial charge on any atom is 0.226 e. The molecule has 0 aliphatic carbocycles. The molecule has 0 radical (unpaired) electrons. The predicted octanol–water partition coefficient (Wildman–Crippen LogP) is 5.36. The molecule has 1 heterocycles. The molecular formula is C21H19ClN4O2S. The van der Waals surface area contributed by atoms with Gasteiger partial charge >= 0.3 is 0 Å². The smallest absolute Gasteiger partial charge is 0.226 e. The number of amides is 1. The lowest BCUT2D eigenvalue weighted by atomic mass is 10.2. The number of nitrogens with zero attached hydrogens (tertiary/aromatic N) is 3. The van der Waals surface area contributed by atoms with Crippen molar-refractivity contribution in [2.24, 2.45) is 0 Å². The fourth-order valence-electron chi connectivity index (χ4n) is 2.59. The second kappa shape index (κ2) is 10.6. The van der Waals surface area contributed by atoms with E-state index < -0.39 is 0 Å². The van der Waals surface area contributed by atoms with Gasteiger partial charge in [-0.15, -0.1) is 11.8 Å². The van der Waals surface area contributed by atoms with Crippen molar-refractivity contribution in [1.82, 2.24) is 10.1 Å². The number of nitrogens with one attached hydrogen (secondary N) is 1. The maximum absolute atomic E-state index is 12.3. The summed E-state index contributed by atoms with van der Waals surface area (Å²) in [5.41, 5.74) is 1.59. The van der Waals surface area contributed by atoms with Crippen molar-refractivity contribution in [1.29, 1.82) is 5.26 Å². The molecule has 0 spiro atoms. The van der Waals surface area contributed by atoms with E-state index in [1.165, 1.54) is 0 Å². The molecular weight excluding hydrogens is 408 g/mol. The van der Waals surface area contributed by atoms with E-state index in [2.05, 4.69) is 21.5 Å².